The zero-order valence-electron chi connectivity index (χ0n) is 11.4. The van der Waals surface area contributed by atoms with Crippen LogP contribution in [-0.4, -0.2) is 18.3 Å². The molecule has 20 heavy (non-hydrogen) atoms. The van der Waals surface area contributed by atoms with Gasteiger partial charge < -0.3 is 9.05 Å². The van der Waals surface area contributed by atoms with E-state index in [0.717, 1.165) is 16.9 Å². The van der Waals surface area contributed by atoms with Gasteiger partial charge in [-0.2, -0.15) is 0 Å². The molecule has 0 radical (unpaired) electrons. The van der Waals surface area contributed by atoms with Crippen molar-refractivity contribution in [1.29, 1.82) is 0 Å². The minimum Gasteiger partial charge on any atom is -0.321 e. The van der Waals surface area contributed by atoms with E-state index < -0.39 is 5.69 Å². The van der Waals surface area contributed by atoms with Crippen molar-refractivity contribution in [1.82, 2.24) is 0 Å². The van der Waals surface area contributed by atoms with Crippen molar-refractivity contribution in [2.24, 2.45) is 5.41 Å². The molecule has 0 aliphatic carbocycles. The Hall–Kier alpha value is -0.450. The van der Waals surface area contributed by atoms with Crippen LogP contribution < -0.4 is 0 Å². The molecule has 1 aliphatic heterocycles. The van der Waals surface area contributed by atoms with Crippen molar-refractivity contribution in [2.75, 3.05) is 13.2 Å². The first-order valence-electron chi connectivity index (χ1n) is 6.24. The van der Waals surface area contributed by atoms with Crippen LogP contribution in [0.25, 0.3) is 6.08 Å². The van der Waals surface area contributed by atoms with Crippen LogP contribution in [0.1, 0.15) is 19.4 Å². The van der Waals surface area contributed by atoms with Gasteiger partial charge in [0.2, 0.25) is 5.12 Å². The number of rotatable bonds is 3. The molecular formula is C14H17O3PS2. The highest BCUT2D eigenvalue weighted by molar-refractivity contribution is 8.73. The molecule has 6 heteroatoms. The van der Waals surface area contributed by atoms with Crippen LogP contribution in [0.2, 0.25) is 0 Å². The largest absolute Gasteiger partial charge is 0.321 e. The zero-order chi connectivity index (χ0) is 14.6. The topological polar surface area (TPSA) is 35.5 Å². The summed E-state index contributed by atoms with van der Waals surface area (Å²) >= 11 is 6.34. The second kappa shape index (κ2) is 6.54. The number of carbonyl (C=O) groups excluding carboxylic acids is 1. The van der Waals surface area contributed by atoms with E-state index in [1.807, 2.05) is 44.2 Å². The van der Waals surface area contributed by atoms with Crippen molar-refractivity contribution in [3.05, 3.63) is 42.0 Å². The van der Waals surface area contributed by atoms with Gasteiger partial charge in [0.15, 0.2) is 0 Å². The Balaban J connectivity index is 1.92. The van der Waals surface area contributed by atoms with Crippen molar-refractivity contribution in [2.45, 2.75) is 13.8 Å². The smallest absolute Gasteiger partial charge is 0.255 e. The Morgan fingerprint density at radius 1 is 1.30 bits per heavy atom. The lowest BCUT2D eigenvalue weighted by atomic mass is 9.97. The van der Waals surface area contributed by atoms with E-state index in [1.165, 1.54) is 6.08 Å². The van der Waals surface area contributed by atoms with Crippen molar-refractivity contribution in [3.8, 4) is 0 Å². The molecule has 1 saturated heterocycles. The van der Waals surface area contributed by atoms with Crippen molar-refractivity contribution >= 4 is 40.1 Å². The second-order valence-electron chi connectivity index (χ2n) is 5.31. The van der Waals surface area contributed by atoms with Gasteiger partial charge in [-0.15, -0.1) is 0 Å². The van der Waals surface area contributed by atoms with Crippen LogP contribution >= 0.6 is 17.1 Å². The summed E-state index contributed by atoms with van der Waals surface area (Å²) in [5.41, 5.74) is -1.58. The minimum atomic E-state index is -2.52. The third kappa shape index (κ3) is 4.83. The summed E-state index contributed by atoms with van der Waals surface area (Å²) in [5, 5.41) is -0.128. The van der Waals surface area contributed by atoms with E-state index in [0.29, 0.717) is 13.2 Å². The van der Waals surface area contributed by atoms with Gasteiger partial charge in [0, 0.05) is 16.8 Å². The molecule has 0 unspecified atom stereocenters. The van der Waals surface area contributed by atoms with Crippen LogP contribution in [0.15, 0.2) is 36.4 Å². The van der Waals surface area contributed by atoms with Gasteiger partial charge in [0.25, 0.3) is 5.69 Å². The zero-order valence-corrected chi connectivity index (χ0v) is 14.0. The fourth-order valence-electron chi connectivity index (χ4n) is 1.51. The Kier molecular flexibility index (Phi) is 5.21. The van der Waals surface area contributed by atoms with Gasteiger partial charge in [0.1, 0.15) is 0 Å². The van der Waals surface area contributed by atoms with E-state index in [4.69, 9.17) is 20.9 Å². The monoisotopic (exact) mass is 328 g/mol. The van der Waals surface area contributed by atoms with E-state index in [1.54, 1.807) is 6.08 Å². The molecule has 0 N–H and O–H groups in total. The highest BCUT2D eigenvalue weighted by Crippen LogP contribution is 2.64. The lowest BCUT2D eigenvalue weighted by molar-refractivity contribution is -0.106. The summed E-state index contributed by atoms with van der Waals surface area (Å²) in [7, 11) is 0. The molecule has 0 aromatic heterocycles. The summed E-state index contributed by atoms with van der Waals surface area (Å²) in [4.78, 5) is 11.9. The maximum Gasteiger partial charge on any atom is 0.255 e. The summed E-state index contributed by atoms with van der Waals surface area (Å²) in [5.74, 6) is 0. The SMILES string of the molecule is CC1(C)COP(=S)(SC(=O)/C=C/c2ccccc2)OC1. The van der Waals surface area contributed by atoms with Crippen LogP contribution in [0.3, 0.4) is 0 Å². The number of hydrogen-bond acceptors (Lipinski definition) is 5. The molecule has 0 bridgehead atoms. The van der Waals surface area contributed by atoms with E-state index in [-0.39, 0.29) is 10.5 Å². The van der Waals surface area contributed by atoms with Crippen LogP contribution in [0.4, 0.5) is 0 Å². The highest BCUT2D eigenvalue weighted by atomic mass is 32.9. The normalized spacial score (nSPS) is 20.9. The van der Waals surface area contributed by atoms with Gasteiger partial charge in [-0.05, 0) is 23.4 Å². The Bertz CT molecular complexity index is 541. The fourth-order valence-corrected chi connectivity index (χ4v) is 5.51. The molecule has 0 spiro atoms. The molecule has 1 aromatic rings. The molecule has 1 fully saturated rings. The first-order valence-corrected chi connectivity index (χ1v) is 10.3. The Labute approximate surface area is 128 Å². The predicted molar refractivity (Wildman–Crippen MR) is 88.0 cm³/mol. The number of benzene rings is 1. The molecule has 1 aliphatic rings. The van der Waals surface area contributed by atoms with Gasteiger partial charge in [-0.1, -0.05) is 50.3 Å². The lowest BCUT2D eigenvalue weighted by Crippen LogP contribution is -2.28. The van der Waals surface area contributed by atoms with E-state index >= 15 is 0 Å². The summed E-state index contributed by atoms with van der Waals surface area (Å²) in [6, 6.07) is 9.65. The third-order valence-electron chi connectivity index (χ3n) is 2.64. The standard InChI is InChI=1S/C14H17O3PS2/c1-14(2)10-16-18(19,17-11-14)20-13(15)9-8-12-6-4-3-5-7-12/h3-9H,10-11H2,1-2H3/b9-8+. The van der Waals surface area contributed by atoms with Crippen LogP contribution in [0.5, 0.6) is 0 Å². The summed E-state index contributed by atoms with van der Waals surface area (Å²) in [6.45, 7) is 5.17. The quantitative estimate of drug-likeness (QED) is 0.612. The molecule has 108 valence electrons. The molecule has 1 heterocycles. The number of hydrogen-bond donors (Lipinski definition) is 0. The lowest BCUT2D eigenvalue weighted by Gasteiger charge is -2.35. The molecule has 0 amide bonds. The first kappa shape index (κ1) is 15.9. The summed E-state index contributed by atoms with van der Waals surface area (Å²) in [6.07, 6.45) is 3.28. The van der Waals surface area contributed by atoms with Gasteiger partial charge >= 0.3 is 0 Å². The van der Waals surface area contributed by atoms with E-state index in [2.05, 4.69) is 0 Å². The molecule has 0 saturated carbocycles. The fraction of sp³-hybridized carbons (Fsp3) is 0.357. The van der Waals surface area contributed by atoms with Gasteiger partial charge in [-0.3, -0.25) is 4.79 Å². The van der Waals surface area contributed by atoms with Crippen molar-refractivity contribution < 1.29 is 13.8 Å². The number of carbonyl (C=O) groups is 1. The third-order valence-corrected chi connectivity index (χ3v) is 7.22. The predicted octanol–water partition coefficient (Wildman–Crippen LogP) is 4.26. The Morgan fingerprint density at radius 2 is 1.90 bits per heavy atom. The maximum absolute atomic E-state index is 11.9. The molecule has 2 rings (SSSR count). The molecule has 0 atom stereocenters. The summed E-state index contributed by atoms with van der Waals surface area (Å²) < 4.78 is 11.2. The van der Waals surface area contributed by atoms with E-state index in [9.17, 15) is 4.79 Å². The minimum absolute atomic E-state index is 0.0359. The van der Waals surface area contributed by atoms with Crippen LogP contribution in [-0.2, 0) is 25.6 Å². The van der Waals surface area contributed by atoms with Gasteiger partial charge in [0.05, 0.1) is 13.2 Å². The molecular weight excluding hydrogens is 311 g/mol. The average Bonchev–Trinajstić information content (AvgIpc) is 2.42. The van der Waals surface area contributed by atoms with Crippen LogP contribution in [0, 0.1) is 5.41 Å². The van der Waals surface area contributed by atoms with Crippen molar-refractivity contribution in [3.63, 3.8) is 0 Å². The molecule has 1 aromatic carbocycles. The maximum atomic E-state index is 11.9. The second-order valence-corrected chi connectivity index (χ2v) is 11.4. The highest BCUT2D eigenvalue weighted by Gasteiger charge is 2.35. The molecule has 3 nitrogen and oxygen atoms in total. The van der Waals surface area contributed by atoms with Gasteiger partial charge in [-0.25, -0.2) is 0 Å². The first-order chi connectivity index (χ1) is 9.39. The Morgan fingerprint density at radius 3 is 2.50 bits per heavy atom. The average molecular weight is 328 g/mol.